The molecular formula is C12H20ClN3O. The van der Waals surface area contributed by atoms with Crippen molar-refractivity contribution < 1.29 is 4.74 Å². The van der Waals surface area contributed by atoms with E-state index in [2.05, 4.69) is 29.1 Å². The van der Waals surface area contributed by atoms with Crippen molar-refractivity contribution in [2.75, 3.05) is 25.6 Å². The molecule has 0 bridgehead atoms. The molecule has 0 radical (unpaired) electrons. The Kier molecular flexibility index (Phi) is 5.65. The van der Waals surface area contributed by atoms with Gasteiger partial charge in [-0.25, -0.2) is 9.97 Å². The Bertz CT molecular complexity index is 369. The molecule has 0 aliphatic heterocycles. The zero-order valence-corrected chi connectivity index (χ0v) is 11.6. The number of methoxy groups -OCH3 is 1. The first-order valence-corrected chi connectivity index (χ1v) is 6.21. The Morgan fingerprint density at radius 3 is 2.65 bits per heavy atom. The summed E-state index contributed by atoms with van der Waals surface area (Å²) >= 11 is 6.09. The largest absolute Gasteiger partial charge is 0.385 e. The summed E-state index contributed by atoms with van der Waals surface area (Å²) < 4.78 is 5.00. The molecule has 0 aliphatic rings. The zero-order chi connectivity index (χ0) is 12.8. The summed E-state index contributed by atoms with van der Waals surface area (Å²) in [6, 6.07) is 0. The van der Waals surface area contributed by atoms with Crippen molar-refractivity contribution in [2.45, 2.75) is 33.1 Å². The third-order valence-electron chi connectivity index (χ3n) is 2.44. The maximum atomic E-state index is 6.09. The minimum Gasteiger partial charge on any atom is -0.385 e. The van der Waals surface area contributed by atoms with Crippen molar-refractivity contribution in [3.8, 4) is 0 Å². The fourth-order valence-corrected chi connectivity index (χ4v) is 1.54. The molecule has 4 nitrogen and oxygen atoms in total. The van der Waals surface area contributed by atoms with Crippen LogP contribution in [0.15, 0.2) is 0 Å². The van der Waals surface area contributed by atoms with Gasteiger partial charge >= 0.3 is 0 Å². The van der Waals surface area contributed by atoms with Crippen molar-refractivity contribution in [3.05, 3.63) is 16.5 Å². The first kappa shape index (κ1) is 14.2. The molecule has 5 heteroatoms. The van der Waals surface area contributed by atoms with E-state index in [1.165, 1.54) is 0 Å². The lowest BCUT2D eigenvalue weighted by atomic mass is 10.2. The van der Waals surface area contributed by atoms with Gasteiger partial charge in [-0.3, -0.25) is 0 Å². The third kappa shape index (κ3) is 4.13. The minimum atomic E-state index is 0.271. The number of ether oxygens (including phenoxy) is 1. The summed E-state index contributed by atoms with van der Waals surface area (Å²) in [5.41, 5.74) is 0.897. The zero-order valence-electron chi connectivity index (χ0n) is 10.9. The van der Waals surface area contributed by atoms with Gasteiger partial charge in [0.25, 0.3) is 0 Å². The quantitative estimate of drug-likeness (QED) is 0.629. The van der Waals surface area contributed by atoms with Crippen LogP contribution in [-0.4, -0.2) is 30.2 Å². The third-order valence-corrected chi connectivity index (χ3v) is 2.81. The number of halogens is 1. The van der Waals surface area contributed by atoms with E-state index in [4.69, 9.17) is 16.3 Å². The number of hydrogen-bond acceptors (Lipinski definition) is 4. The smallest absolute Gasteiger partial charge is 0.137 e. The molecule has 0 saturated heterocycles. The molecule has 17 heavy (non-hydrogen) atoms. The lowest BCUT2D eigenvalue weighted by Crippen LogP contribution is -2.10. The highest BCUT2D eigenvalue weighted by Crippen LogP contribution is 2.22. The van der Waals surface area contributed by atoms with Gasteiger partial charge in [-0.1, -0.05) is 25.4 Å². The monoisotopic (exact) mass is 257 g/mol. The predicted molar refractivity (Wildman–Crippen MR) is 70.9 cm³/mol. The lowest BCUT2D eigenvalue weighted by Gasteiger charge is -2.12. The molecule has 1 aromatic rings. The molecule has 0 aliphatic carbocycles. The Morgan fingerprint density at radius 2 is 2.06 bits per heavy atom. The highest BCUT2D eigenvalue weighted by molar-refractivity contribution is 6.30. The van der Waals surface area contributed by atoms with Crippen LogP contribution >= 0.6 is 11.6 Å². The fraction of sp³-hybridized carbons (Fsp3) is 0.667. The molecule has 96 valence electrons. The van der Waals surface area contributed by atoms with Gasteiger partial charge in [-0.2, -0.15) is 0 Å². The van der Waals surface area contributed by atoms with E-state index in [1.807, 2.05) is 6.92 Å². The molecule has 0 atom stereocenters. The van der Waals surface area contributed by atoms with Crippen LogP contribution in [0.2, 0.25) is 5.15 Å². The molecule has 1 heterocycles. The van der Waals surface area contributed by atoms with Gasteiger partial charge in [-0.05, 0) is 13.3 Å². The molecule has 0 amide bonds. The summed E-state index contributed by atoms with van der Waals surface area (Å²) in [6.45, 7) is 7.58. The van der Waals surface area contributed by atoms with Gasteiger partial charge in [0.1, 0.15) is 16.8 Å². The van der Waals surface area contributed by atoms with Crippen molar-refractivity contribution in [1.29, 1.82) is 0 Å². The standard InChI is InChI=1S/C12H20ClN3O/c1-8(2)11-15-10(13)9(3)12(16-11)14-6-5-7-17-4/h8H,5-7H2,1-4H3,(H,14,15,16). The predicted octanol–water partition coefficient (Wildman–Crippen LogP) is 3.01. The van der Waals surface area contributed by atoms with E-state index in [0.717, 1.165) is 36.8 Å². The topological polar surface area (TPSA) is 47.0 Å². The van der Waals surface area contributed by atoms with Crippen molar-refractivity contribution in [1.82, 2.24) is 9.97 Å². The number of nitrogens with one attached hydrogen (secondary N) is 1. The van der Waals surface area contributed by atoms with E-state index in [1.54, 1.807) is 7.11 Å². The van der Waals surface area contributed by atoms with Crippen LogP contribution in [0, 0.1) is 6.92 Å². The Balaban J connectivity index is 2.75. The Morgan fingerprint density at radius 1 is 1.35 bits per heavy atom. The van der Waals surface area contributed by atoms with Crippen molar-refractivity contribution >= 4 is 17.4 Å². The van der Waals surface area contributed by atoms with Crippen LogP contribution < -0.4 is 5.32 Å². The number of hydrogen-bond donors (Lipinski definition) is 1. The average Bonchev–Trinajstić information content (AvgIpc) is 2.29. The van der Waals surface area contributed by atoms with E-state index in [0.29, 0.717) is 5.15 Å². The molecule has 0 saturated carbocycles. The fourth-order valence-electron chi connectivity index (χ4n) is 1.36. The first-order chi connectivity index (χ1) is 8.06. The summed E-state index contributed by atoms with van der Waals surface area (Å²) in [4.78, 5) is 8.75. The van der Waals surface area contributed by atoms with Crippen molar-refractivity contribution in [2.24, 2.45) is 0 Å². The number of aromatic nitrogens is 2. The molecule has 1 rings (SSSR count). The summed E-state index contributed by atoms with van der Waals surface area (Å²) in [5.74, 6) is 1.87. The van der Waals surface area contributed by atoms with Gasteiger partial charge in [0.15, 0.2) is 0 Å². The Hall–Kier alpha value is -0.870. The van der Waals surface area contributed by atoms with Crippen LogP contribution in [0.3, 0.4) is 0 Å². The highest BCUT2D eigenvalue weighted by Gasteiger charge is 2.11. The van der Waals surface area contributed by atoms with Gasteiger partial charge < -0.3 is 10.1 Å². The molecular weight excluding hydrogens is 238 g/mol. The molecule has 1 aromatic heterocycles. The molecule has 1 N–H and O–H groups in total. The SMILES string of the molecule is COCCCNc1nc(C(C)C)nc(Cl)c1C. The number of anilines is 1. The highest BCUT2D eigenvalue weighted by atomic mass is 35.5. The maximum Gasteiger partial charge on any atom is 0.137 e. The van der Waals surface area contributed by atoms with Crippen LogP contribution in [0.5, 0.6) is 0 Å². The van der Waals surface area contributed by atoms with Crippen molar-refractivity contribution in [3.63, 3.8) is 0 Å². The van der Waals surface area contributed by atoms with Gasteiger partial charge in [0, 0.05) is 31.7 Å². The Labute approximate surface area is 108 Å². The number of nitrogens with zero attached hydrogens (tertiary/aromatic N) is 2. The number of rotatable bonds is 6. The summed E-state index contributed by atoms with van der Waals surface area (Å²) in [6.07, 6.45) is 0.939. The average molecular weight is 258 g/mol. The molecule has 0 spiro atoms. The minimum absolute atomic E-state index is 0.271. The second-order valence-corrected chi connectivity index (χ2v) is 4.63. The van der Waals surface area contributed by atoms with Gasteiger partial charge in [-0.15, -0.1) is 0 Å². The van der Waals surface area contributed by atoms with Gasteiger partial charge in [0.05, 0.1) is 0 Å². The molecule has 0 unspecified atom stereocenters. The van der Waals surface area contributed by atoms with E-state index >= 15 is 0 Å². The van der Waals surface area contributed by atoms with E-state index < -0.39 is 0 Å². The van der Waals surface area contributed by atoms with Crippen LogP contribution in [0.1, 0.15) is 37.6 Å². The van der Waals surface area contributed by atoms with Crippen LogP contribution in [-0.2, 0) is 4.74 Å². The first-order valence-electron chi connectivity index (χ1n) is 5.83. The van der Waals surface area contributed by atoms with Crippen LogP contribution in [0.25, 0.3) is 0 Å². The summed E-state index contributed by atoms with van der Waals surface area (Å²) in [5, 5.41) is 3.79. The second-order valence-electron chi connectivity index (χ2n) is 4.27. The molecule has 0 aromatic carbocycles. The van der Waals surface area contributed by atoms with Gasteiger partial charge in [0.2, 0.25) is 0 Å². The second kappa shape index (κ2) is 6.77. The molecule has 0 fully saturated rings. The van der Waals surface area contributed by atoms with Crippen LogP contribution in [0.4, 0.5) is 5.82 Å². The normalized spacial score (nSPS) is 10.9. The van der Waals surface area contributed by atoms with E-state index in [9.17, 15) is 0 Å². The van der Waals surface area contributed by atoms with E-state index in [-0.39, 0.29) is 5.92 Å². The summed E-state index contributed by atoms with van der Waals surface area (Å²) in [7, 11) is 1.70. The lowest BCUT2D eigenvalue weighted by molar-refractivity contribution is 0.197. The maximum absolute atomic E-state index is 6.09.